The molecule has 0 bridgehead atoms. The van der Waals surface area contributed by atoms with Gasteiger partial charge in [0.15, 0.2) is 5.78 Å². The number of nitrogens with one attached hydrogen (secondary N) is 1. The lowest BCUT2D eigenvalue weighted by Gasteiger charge is -2.32. The van der Waals surface area contributed by atoms with E-state index in [0.29, 0.717) is 5.56 Å². The number of fused-ring (bicyclic) bond motifs is 1. The molecular weight excluding hydrogens is 374 g/mol. The monoisotopic (exact) mass is 401 g/mol. The van der Waals surface area contributed by atoms with Crippen molar-refractivity contribution in [3.05, 3.63) is 82.7 Å². The summed E-state index contributed by atoms with van der Waals surface area (Å²) in [5.74, 6) is -0.230. The summed E-state index contributed by atoms with van der Waals surface area (Å²) in [6, 6.07) is 16.8. The Balaban J connectivity index is 1.71. The first-order chi connectivity index (χ1) is 14.5. The number of ketones is 1. The molecule has 2 atom stereocenters. The maximum absolute atomic E-state index is 13.2. The van der Waals surface area contributed by atoms with Crippen molar-refractivity contribution in [1.29, 1.82) is 0 Å². The van der Waals surface area contributed by atoms with Crippen molar-refractivity contribution in [3.8, 4) is 5.69 Å². The molecule has 0 spiro atoms. The molecule has 1 aliphatic rings. The van der Waals surface area contributed by atoms with Crippen molar-refractivity contribution >= 4 is 11.7 Å². The topological polar surface area (TPSA) is 64.0 Å². The standard InChI is InChI=1S/C25H27N3O2/c1-4-9-20-23-17(3)27-28(19-12-6-5-7-13-19)21(23)15-22(29)24(20)26-25(30)18-11-8-10-16(2)14-18/h5-8,10-14,20,24H,4,9,15H2,1-3H3,(H,26,30)/t20-,24-/m0/s1. The summed E-state index contributed by atoms with van der Waals surface area (Å²) >= 11 is 0. The highest BCUT2D eigenvalue weighted by Gasteiger charge is 2.40. The van der Waals surface area contributed by atoms with Crippen molar-refractivity contribution < 1.29 is 9.59 Å². The number of carbonyl (C=O) groups is 2. The highest BCUT2D eigenvalue weighted by atomic mass is 16.2. The number of Topliss-reactive ketones (excluding diaryl/α,β-unsaturated/α-hetero) is 1. The summed E-state index contributed by atoms with van der Waals surface area (Å²) in [4.78, 5) is 26.1. The first kappa shape index (κ1) is 20.1. The highest BCUT2D eigenvalue weighted by molar-refractivity contribution is 5.99. The van der Waals surface area contributed by atoms with Gasteiger partial charge in [0.2, 0.25) is 0 Å². The molecular formula is C25H27N3O2. The molecule has 1 N–H and O–H groups in total. The van der Waals surface area contributed by atoms with Crippen molar-refractivity contribution in [1.82, 2.24) is 15.1 Å². The molecule has 1 amide bonds. The second-order valence-corrected chi connectivity index (χ2v) is 8.05. The fraction of sp³-hybridized carbons (Fsp3) is 0.320. The minimum atomic E-state index is -0.530. The Morgan fingerprint density at radius 2 is 1.90 bits per heavy atom. The molecule has 3 aromatic rings. The Hall–Kier alpha value is -3.21. The SMILES string of the molecule is CCC[C@H]1c2c(C)nn(-c3ccccc3)c2CC(=O)[C@H]1NC(=O)c1cccc(C)c1. The van der Waals surface area contributed by atoms with Crippen LogP contribution in [0, 0.1) is 13.8 Å². The Bertz CT molecular complexity index is 1090. The zero-order valence-corrected chi connectivity index (χ0v) is 17.7. The van der Waals surface area contributed by atoms with Gasteiger partial charge in [-0.2, -0.15) is 5.10 Å². The van der Waals surface area contributed by atoms with Gasteiger partial charge in [0.05, 0.1) is 29.5 Å². The zero-order valence-electron chi connectivity index (χ0n) is 17.7. The number of carbonyl (C=O) groups excluding carboxylic acids is 2. The van der Waals surface area contributed by atoms with E-state index in [9.17, 15) is 9.59 Å². The van der Waals surface area contributed by atoms with Gasteiger partial charge in [-0.25, -0.2) is 4.68 Å². The second kappa shape index (κ2) is 8.27. The third-order valence-corrected chi connectivity index (χ3v) is 5.84. The van der Waals surface area contributed by atoms with Gasteiger partial charge in [0.1, 0.15) is 0 Å². The van der Waals surface area contributed by atoms with Crippen LogP contribution in [0.15, 0.2) is 54.6 Å². The molecule has 0 radical (unpaired) electrons. The Morgan fingerprint density at radius 3 is 2.60 bits per heavy atom. The van der Waals surface area contributed by atoms with Gasteiger partial charge in [0, 0.05) is 17.0 Å². The van der Waals surface area contributed by atoms with E-state index in [-0.39, 0.29) is 24.0 Å². The molecule has 0 saturated carbocycles. The molecule has 0 fully saturated rings. The van der Waals surface area contributed by atoms with Crippen LogP contribution in [0.5, 0.6) is 0 Å². The number of para-hydroxylation sites is 1. The van der Waals surface area contributed by atoms with Gasteiger partial charge in [0.25, 0.3) is 5.91 Å². The van der Waals surface area contributed by atoms with E-state index in [1.165, 1.54) is 0 Å². The van der Waals surface area contributed by atoms with Crippen molar-refractivity contribution in [2.24, 2.45) is 0 Å². The predicted octanol–water partition coefficient (Wildman–Crippen LogP) is 4.30. The molecule has 1 heterocycles. The van der Waals surface area contributed by atoms with Crippen molar-refractivity contribution in [3.63, 3.8) is 0 Å². The number of aryl methyl sites for hydroxylation is 2. The lowest BCUT2D eigenvalue weighted by atomic mass is 9.78. The molecule has 1 aliphatic carbocycles. The van der Waals surface area contributed by atoms with Crippen LogP contribution in [0.2, 0.25) is 0 Å². The maximum atomic E-state index is 13.2. The predicted molar refractivity (Wildman–Crippen MR) is 117 cm³/mol. The van der Waals surface area contributed by atoms with E-state index in [2.05, 4.69) is 12.2 Å². The summed E-state index contributed by atoms with van der Waals surface area (Å²) < 4.78 is 1.89. The second-order valence-electron chi connectivity index (χ2n) is 8.05. The molecule has 30 heavy (non-hydrogen) atoms. The van der Waals surface area contributed by atoms with Gasteiger partial charge in [-0.1, -0.05) is 49.2 Å². The number of aromatic nitrogens is 2. The largest absolute Gasteiger partial charge is 0.342 e. The summed E-state index contributed by atoms with van der Waals surface area (Å²) in [6.07, 6.45) is 2.01. The van der Waals surface area contributed by atoms with Crippen LogP contribution >= 0.6 is 0 Å². The van der Waals surface area contributed by atoms with Crippen LogP contribution in [-0.2, 0) is 11.2 Å². The molecule has 5 nitrogen and oxygen atoms in total. The summed E-state index contributed by atoms with van der Waals surface area (Å²) in [6.45, 7) is 6.06. The molecule has 4 rings (SSSR count). The van der Waals surface area contributed by atoms with Crippen LogP contribution in [0.4, 0.5) is 0 Å². The van der Waals surface area contributed by atoms with Crippen LogP contribution in [0.3, 0.4) is 0 Å². The zero-order chi connectivity index (χ0) is 21.3. The van der Waals surface area contributed by atoms with Gasteiger partial charge in [-0.05, 0) is 44.5 Å². The summed E-state index contributed by atoms with van der Waals surface area (Å²) in [7, 11) is 0. The average molecular weight is 402 g/mol. The number of rotatable bonds is 5. The number of hydrogen-bond acceptors (Lipinski definition) is 3. The van der Waals surface area contributed by atoms with Crippen LogP contribution in [-0.4, -0.2) is 27.5 Å². The van der Waals surface area contributed by atoms with Gasteiger partial charge in [-0.15, -0.1) is 0 Å². The molecule has 5 heteroatoms. The fourth-order valence-electron chi connectivity index (χ4n) is 4.50. The lowest BCUT2D eigenvalue weighted by Crippen LogP contribution is -2.48. The molecule has 0 saturated heterocycles. The summed E-state index contributed by atoms with van der Waals surface area (Å²) in [5, 5.41) is 7.80. The van der Waals surface area contributed by atoms with Gasteiger partial charge in [-0.3, -0.25) is 9.59 Å². The van der Waals surface area contributed by atoms with Crippen LogP contribution in [0.25, 0.3) is 5.69 Å². The molecule has 1 aromatic heterocycles. The van der Waals surface area contributed by atoms with Crippen molar-refractivity contribution in [2.75, 3.05) is 0 Å². The molecule has 2 aromatic carbocycles. The maximum Gasteiger partial charge on any atom is 0.251 e. The smallest absolute Gasteiger partial charge is 0.251 e. The average Bonchev–Trinajstić information content (AvgIpc) is 3.07. The quantitative estimate of drug-likeness (QED) is 0.693. The van der Waals surface area contributed by atoms with E-state index in [1.807, 2.05) is 67.1 Å². The minimum Gasteiger partial charge on any atom is -0.342 e. The van der Waals surface area contributed by atoms with Gasteiger partial charge >= 0.3 is 0 Å². The van der Waals surface area contributed by atoms with Crippen LogP contribution in [0.1, 0.15) is 58.6 Å². The number of amides is 1. The molecule has 0 unspecified atom stereocenters. The molecule has 0 aliphatic heterocycles. The third-order valence-electron chi connectivity index (χ3n) is 5.84. The lowest BCUT2D eigenvalue weighted by molar-refractivity contribution is -0.121. The third kappa shape index (κ3) is 3.67. The molecule has 154 valence electrons. The van der Waals surface area contributed by atoms with Crippen LogP contribution < -0.4 is 5.32 Å². The number of hydrogen-bond donors (Lipinski definition) is 1. The first-order valence-electron chi connectivity index (χ1n) is 10.5. The van der Waals surface area contributed by atoms with Gasteiger partial charge < -0.3 is 5.32 Å². The highest BCUT2D eigenvalue weighted by Crippen LogP contribution is 2.37. The van der Waals surface area contributed by atoms with Crippen molar-refractivity contribution in [2.45, 2.75) is 52.0 Å². The number of nitrogens with zero attached hydrogens (tertiary/aromatic N) is 2. The summed E-state index contributed by atoms with van der Waals surface area (Å²) in [5.41, 5.74) is 5.53. The Labute approximate surface area is 177 Å². The van der Waals surface area contributed by atoms with E-state index in [0.717, 1.165) is 41.0 Å². The number of benzene rings is 2. The fourth-order valence-corrected chi connectivity index (χ4v) is 4.50. The van der Waals surface area contributed by atoms with E-state index in [1.54, 1.807) is 6.07 Å². The first-order valence-corrected chi connectivity index (χ1v) is 10.5. The normalized spacial score (nSPS) is 18.2. The van der Waals surface area contributed by atoms with E-state index in [4.69, 9.17) is 5.10 Å². The van der Waals surface area contributed by atoms with E-state index >= 15 is 0 Å². The Kier molecular flexibility index (Phi) is 5.53. The minimum absolute atomic E-state index is 0.0408. The van der Waals surface area contributed by atoms with E-state index < -0.39 is 6.04 Å². The Morgan fingerprint density at radius 1 is 1.13 bits per heavy atom.